The lowest BCUT2D eigenvalue weighted by molar-refractivity contribution is 0.449. The molecule has 1 rings (SSSR count). The summed E-state index contributed by atoms with van der Waals surface area (Å²) in [7, 11) is -2.40. The number of phenolic OH excluding ortho intramolecular Hbond substituents is 2. The highest BCUT2D eigenvalue weighted by molar-refractivity contribution is 7.37. The van der Waals surface area contributed by atoms with Crippen molar-refractivity contribution in [1.29, 1.82) is 0 Å². The largest absolute Gasteiger partial charge is 0.508 e. The quantitative estimate of drug-likeness (QED) is 0.666. The van der Waals surface area contributed by atoms with E-state index in [9.17, 15) is 4.57 Å². The Morgan fingerprint density at radius 1 is 1.14 bits per heavy atom. The normalized spacial score (nSPS) is 12.6. The fraction of sp³-hybridized carbons (Fsp3) is 0.333. The standard InChI is InChI=1S/C9H13O4P/c10-8-4-7(5-9(11)6-8)2-1-3-14(12)13/h4-6,10-11,14H,1-3H2,(H,12,13). The van der Waals surface area contributed by atoms with Gasteiger partial charge in [0.1, 0.15) is 11.5 Å². The number of benzene rings is 1. The molecular formula is C9H13O4P. The number of hydrogen-bond acceptors (Lipinski definition) is 3. The highest BCUT2D eigenvalue weighted by Crippen LogP contribution is 2.22. The van der Waals surface area contributed by atoms with Gasteiger partial charge in [-0.2, -0.15) is 0 Å². The van der Waals surface area contributed by atoms with E-state index in [4.69, 9.17) is 15.1 Å². The van der Waals surface area contributed by atoms with Crippen molar-refractivity contribution in [3.63, 3.8) is 0 Å². The molecule has 4 nitrogen and oxygen atoms in total. The van der Waals surface area contributed by atoms with Gasteiger partial charge in [0.15, 0.2) is 8.03 Å². The number of hydrogen-bond donors (Lipinski definition) is 3. The van der Waals surface area contributed by atoms with Crippen LogP contribution in [0.5, 0.6) is 11.5 Å². The van der Waals surface area contributed by atoms with Crippen LogP contribution >= 0.6 is 8.03 Å². The first-order valence-corrected chi connectivity index (χ1v) is 5.88. The molecule has 1 aromatic rings. The van der Waals surface area contributed by atoms with Crippen molar-refractivity contribution in [1.82, 2.24) is 0 Å². The third kappa shape index (κ3) is 3.81. The van der Waals surface area contributed by atoms with Crippen molar-refractivity contribution in [2.24, 2.45) is 0 Å². The average molecular weight is 216 g/mol. The van der Waals surface area contributed by atoms with Crippen LogP contribution in [0.2, 0.25) is 0 Å². The molecular weight excluding hydrogens is 203 g/mol. The summed E-state index contributed by atoms with van der Waals surface area (Å²) in [6.45, 7) is 0. The minimum absolute atomic E-state index is 0.0108. The van der Waals surface area contributed by atoms with Crippen LogP contribution in [0.25, 0.3) is 0 Å². The zero-order chi connectivity index (χ0) is 10.6. The van der Waals surface area contributed by atoms with Gasteiger partial charge in [-0.3, -0.25) is 4.57 Å². The lowest BCUT2D eigenvalue weighted by Gasteiger charge is -2.02. The van der Waals surface area contributed by atoms with Gasteiger partial charge in [-0.1, -0.05) is 0 Å². The maximum atomic E-state index is 10.4. The third-order valence-corrected chi connectivity index (χ3v) is 2.60. The van der Waals surface area contributed by atoms with Crippen LogP contribution in [0.4, 0.5) is 0 Å². The van der Waals surface area contributed by atoms with Crippen LogP contribution in [-0.4, -0.2) is 21.3 Å². The fourth-order valence-electron chi connectivity index (χ4n) is 1.24. The molecule has 78 valence electrons. The van der Waals surface area contributed by atoms with E-state index in [1.54, 1.807) is 0 Å². The molecule has 3 N–H and O–H groups in total. The highest BCUT2D eigenvalue weighted by Gasteiger charge is 2.00. The van der Waals surface area contributed by atoms with Crippen LogP contribution in [-0.2, 0) is 11.0 Å². The smallest absolute Gasteiger partial charge is 0.189 e. The Labute approximate surface area is 82.7 Å². The summed E-state index contributed by atoms with van der Waals surface area (Å²) >= 11 is 0. The summed E-state index contributed by atoms with van der Waals surface area (Å²) < 4.78 is 10.4. The molecule has 0 spiro atoms. The maximum Gasteiger partial charge on any atom is 0.189 e. The van der Waals surface area contributed by atoms with Gasteiger partial charge in [0.2, 0.25) is 0 Å². The SMILES string of the molecule is O=[PH](O)CCCc1cc(O)cc(O)c1. The molecule has 0 fully saturated rings. The molecule has 0 aliphatic heterocycles. The van der Waals surface area contributed by atoms with E-state index in [1.165, 1.54) is 18.2 Å². The van der Waals surface area contributed by atoms with Crippen molar-refractivity contribution >= 4 is 8.03 Å². The summed E-state index contributed by atoms with van der Waals surface area (Å²) in [5.74, 6) is 0.0216. The Bertz CT molecular complexity index is 317. The van der Waals surface area contributed by atoms with E-state index in [1.807, 2.05) is 0 Å². The lowest BCUT2D eigenvalue weighted by Crippen LogP contribution is -1.87. The van der Waals surface area contributed by atoms with Crippen LogP contribution in [0.15, 0.2) is 18.2 Å². The van der Waals surface area contributed by atoms with Crippen molar-refractivity contribution in [2.75, 3.05) is 6.16 Å². The van der Waals surface area contributed by atoms with Gasteiger partial charge >= 0.3 is 0 Å². The van der Waals surface area contributed by atoms with Crippen LogP contribution in [0.1, 0.15) is 12.0 Å². The van der Waals surface area contributed by atoms with Crippen LogP contribution in [0, 0.1) is 0 Å². The number of aromatic hydroxyl groups is 2. The first-order valence-electron chi connectivity index (χ1n) is 4.31. The van der Waals surface area contributed by atoms with Crippen LogP contribution in [0.3, 0.4) is 0 Å². The van der Waals surface area contributed by atoms with E-state index < -0.39 is 8.03 Å². The van der Waals surface area contributed by atoms with Gasteiger partial charge in [-0.05, 0) is 30.5 Å². The van der Waals surface area contributed by atoms with Gasteiger partial charge in [0, 0.05) is 12.2 Å². The summed E-state index contributed by atoms with van der Waals surface area (Å²) in [6, 6.07) is 4.32. The Morgan fingerprint density at radius 3 is 2.21 bits per heavy atom. The van der Waals surface area contributed by atoms with Crippen molar-refractivity contribution < 1.29 is 19.7 Å². The number of phenols is 2. The van der Waals surface area contributed by atoms with E-state index in [2.05, 4.69) is 0 Å². The molecule has 0 aliphatic rings. The number of rotatable bonds is 4. The molecule has 0 aromatic heterocycles. The number of aryl methyl sites for hydroxylation is 1. The van der Waals surface area contributed by atoms with Crippen molar-refractivity contribution in [3.8, 4) is 11.5 Å². The molecule has 1 unspecified atom stereocenters. The summed E-state index contributed by atoms with van der Waals surface area (Å²) in [5, 5.41) is 18.3. The highest BCUT2D eigenvalue weighted by atomic mass is 31.1. The monoisotopic (exact) mass is 216 g/mol. The van der Waals surface area contributed by atoms with Crippen molar-refractivity contribution in [2.45, 2.75) is 12.8 Å². The first kappa shape index (κ1) is 11.1. The zero-order valence-corrected chi connectivity index (χ0v) is 8.60. The summed E-state index contributed by atoms with van der Waals surface area (Å²) in [6.07, 6.45) is 1.44. The lowest BCUT2D eigenvalue weighted by atomic mass is 10.1. The Balaban J connectivity index is 2.54. The summed E-state index contributed by atoms with van der Waals surface area (Å²) in [5.41, 5.74) is 0.769. The Morgan fingerprint density at radius 2 is 1.71 bits per heavy atom. The topological polar surface area (TPSA) is 77.8 Å². The Kier molecular flexibility index (Phi) is 3.98. The Hall–Kier alpha value is -0.990. The molecule has 0 radical (unpaired) electrons. The van der Waals surface area contributed by atoms with Gasteiger partial charge in [0.05, 0.1) is 0 Å². The first-order chi connectivity index (χ1) is 6.58. The van der Waals surface area contributed by atoms with Crippen molar-refractivity contribution in [3.05, 3.63) is 23.8 Å². The molecule has 0 saturated heterocycles. The second-order valence-electron chi connectivity index (χ2n) is 3.10. The molecule has 0 aliphatic carbocycles. The predicted octanol–water partition coefficient (Wildman–Crippen LogP) is 1.50. The van der Waals surface area contributed by atoms with E-state index >= 15 is 0 Å². The zero-order valence-electron chi connectivity index (χ0n) is 7.60. The minimum Gasteiger partial charge on any atom is -0.508 e. The van der Waals surface area contributed by atoms with E-state index in [0.29, 0.717) is 12.8 Å². The molecule has 5 heteroatoms. The average Bonchev–Trinajstić information content (AvgIpc) is 2.01. The molecule has 0 amide bonds. The minimum atomic E-state index is -2.40. The molecule has 14 heavy (non-hydrogen) atoms. The van der Waals surface area contributed by atoms with Gasteiger partial charge in [0.25, 0.3) is 0 Å². The molecule has 0 heterocycles. The summed E-state index contributed by atoms with van der Waals surface area (Å²) in [4.78, 5) is 8.59. The molecule has 1 aromatic carbocycles. The van der Waals surface area contributed by atoms with Gasteiger partial charge < -0.3 is 15.1 Å². The molecule has 0 saturated carbocycles. The third-order valence-electron chi connectivity index (χ3n) is 1.82. The molecule has 0 bridgehead atoms. The maximum absolute atomic E-state index is 10.4. The van der Waals surface area contributed by atoms with Crippen LogP contribution < -0.4 is 0 Å². The second-order valence-corrected chi connectivity index (χ2v) is 4.39. The predicted molar refractivity (Wildman–Crippen MR) is 54.2 cm³/mol. The van der Waals surface area contributed by atoms with E-state index in [-0.39, 0.29) is 17.7 Å². The molecule has 1 atom stereocenters. The van der Waals surface area contributed by atoms with E-state index in [0.717, 1.165) is 5.56 Å². The van der Waals surface area contributed by atoms with Gasteiger partial charge in [-0.15, -0.1) is 0 Å². The fourth-order valence-corrected chi connectivity index (χ4v) is 1.72. The van der Waals surface area contributed by atoms with Gasteiger partial charge in [-0.25, -0.2) is 0 Å². The second kappa shape index (κ2) is 5.03.